The number of carbonyl (C=O) groups excluding carboxylic acids is 2. The normalized spacial score (nSPS) is 21.4. The molecule has 8 nitrogen and oxygen atoms in total. The van der Waals surface area contributed by atoms with E-state index in [4.69, 9.17) is 11.6 Å². The van der Waals surface area contributed by atoms with Crippen molar-refractivity contribution in [2.75, 3.05) is 66.5 Å². The van der Waals surface area contributed by atoms with Crippen LogP contribution in [-0.2, 0) is 22.4 Å². The van der Waals surface area contributed by atoms with Crippen molar-refractivity contribution < 1.29 is 9.59 Å². The number of fused-ring (bicyclic) bond motifs is 1. The summed E-state index contributed by atoms with van der Waals surface area (Å²) in [5, 5.41) is 8.99. The first-order valence-electron chi connectivity index (χ1n) is 16.5. The Hall–Kier alpha value is -2.49. The maximum atomic E-state index is 14.1. The number of nitrogens with one attached hydrogen (secondary N) is 1. The lowest BCUT2D eigenvalue weighted by molar-refractivity contribution is -0.141. The van der Waals surface area contributed by atoms with Gasteiger partial charge in [-0.25, -0.2) is 10.0 Å². The van der Waals surface area contributed by atoms with Crippen LogP contribution in [0.1, 0.15) is 55.8 Å². The molecule has 1 N–H and O–H groups in total. The topological polar surface area (TPSA) is 62.4 Å². The summed E-state index contributed by atoms with van der Waals surface area (Å²) in [5.41, 5.74) is 3.51. The second-order valence-corrected chi connectivity index (χ2v) is 13.9. The quantitative estimate of drug-likeness (QED) is 0.431. The van der Waals surface area contributed by atoms with Gasteiger partial charge in [0, 0.05) is 82.3 Å². The van der Waals surface area contributed by atoms with Gasteiger partial charge >= 0.3 is 0 Å². The number of hydrogen-bond acceptors (Lipinski definition) is 6. The van der Waals surface area contributed by atoms with E-state index in [1.807, 2.05) is 35.2 Å². The summed E-state index contributed by atoms with van der Waals surface area (Å²) in [7, 11) is 4.28. The summed E-state index contributed by atoms with van der Waals surface area (Å²) < 4.78 is 0. The van der Waals surface area contributed by atoms with Crippen LogP contribution in [0.4, 0.5) is 0 Å². The van der Waals surface area contributed by atoms with Crippen LogP contribution < -0.4 is 5.32 Å². The zero-order valence-corrected chi connectivity index (χ0v) is 27.8. The zero-order valence-electron chi connectivity index (χ0n) is 27.1. The van der Waals surface area contributed by atoms with Crippen molar-refractivity contribution in [2.45, 2.75) is 64.1 Å². The molecule has 3 heterocycles. The van der Waals surface area contributed by atoms with Crippen molar-refractivity contribution in [1.82, 2.24) is 30.0 Å². The minimum atomic E-state index is -0.617. The van der Waals surface area contributed by atoms with E-state index in [-0.39, 0.29) is 17.9 Å². The summed E-state index contributed by atoms with van der Waals surface area (Å²) in [5.74, 6) is 0.501. The third-order valence-corrected chi connectivity index (χ3v) is 9.89. The molecule has 2 aromatic carbocycles. The second kappa shape index (κ2) is 15.2. The van der Waals surface area contributed by atoms with Gasteiger partial charge in [0.2, 0.25) is 11.8 Å². The Bertz CT molecular complexity index is 1240. The number of piperidine rings is 1. The summed E-state index contributed by atoms with van der Waals surface area (Å²) in [4.78, 5) is 34.3. The fraction of sp³-hybridized carbons (Fsp3) is 0.600. The van der Waals surface area contributed by atoms with E-state index in [9.17, 15) is 9.59 Å². The molecule has 0 radical (unpaired) electrons. The van der Waals surface area contributed by atoms with Crippen LogP contribution in [0.15, 0.2) is 48.5 Å². The molecule has 0 aliphatic carbocycles. The van der Waals surface area contributed by atoms with Crippen LogP contribution in [0.2, 0.25) is 5.02 Å². The van der Waals surface area contributed by atoms with E-state index in [0.717, 1.165) is 64.1 Å². The van der Waals surface area contributed by atoms with Gasteiger partial charge < -0.3 is 15.1 Å². The molecule has 2 fully saturated rings. The Balaban J connectivity index is 1.26. The number of nitrogens with zero attached hydrogens (tertiary/aromatic N) is 5. The monoisotopic (exact) mass is 622 g/mol. The molecule has 9 heteroatoms. The number of carbonyl (C=O) groups is 2. The lowest BCUT2D eigenvalue weighted by Gasteiger charge is -2.47. The van der Waals surface area contributed by atoms with E-state index in [1.54, 1.807) is 0 Å². The molecular weight excluding hydrogens is 572 g/mol. The van der Waals surface area contributed by atoms with Gasteiger partial charge in [0.05, 0.1) is 0 Å². The van der Waals surface area contributed by atoms with Crippen molar-refractivity contribution in [3.05, 3.63) is 70.2 Å². The van der Waals surface area contributed by atoms with E-state index in [0.29, 0.717) is 42.9 Å². The number of benzene rings is 2. The molecule has 240 valence electrons. The standard InChI is InChI=1S/C35H51ClN6O2/c1-26(2)25-42(41-21-19-38(3)20-22-41)30-14-17-40(18-15-30)35(44)32(23-27-9-11-29(36)12-10-27)37-34(43)24-33-31-8-6-5-7-28(31)13-16-39(33)4/h5-12,26,30,32-33H,13-25H2,1-4H3,(H,37,43)/t32-,33-/m1/s1. The van der Waals surface area contributed by atoms with Gasteiger partial charge in [-0.15, -0.1) is 0 Å². The Kier molecular flexibility index (Phi) is 11.4. The Morgan fingerprint density at radius 3 is 2.30 bits per heavy atom. The van der Waals surface area contributed by atoms with Gasteiger partial charge in [0.1, 0.15) is 6.04 Å². The van der Waals surface area contributed by atoms with E-state index in [2.05, 4.69) is 71.3 Å². The minimum absolute atomic E-state index is 0.00324. The molecule has 5 rings (SSSR count). The average molecular weight is 623 g/mol. The predicted molar refractivity (Wildman–Crippen MR) is 177 cm³/mol. The number of likely N-dealkylation sites (tertiary alicyclic amines) is 1. The van der Waals surface area contributed by atoms with Crippen LogP contribution in [-0.4, -0.2) is 115 Å². The van der Waals surface area contributed by atoms with Gasteiger partial charge in [-0.1, -0.05) is 61.8 Å². The molecule has 0 saturated carbocycles. The maximum absolute atomic E-state index is 14.1. The second-order valence-electron chi connectivity index (χ2n) is 13.4. The molecule has 44 heavy (non-hydrogen) atoms. The first kappa shape index (κ1) is 32.9. The van der Waals surface area contributed by atoms with Gasteiger partial charge in [-0.05, 0) is 68.1 Å². The molecule has 2 amide bonds. The van der Waals surface area contributed by atoms with Gasteiger partial charge in [-0.3, -0.25) is 14.5 Å². The third kappa shape index (κ3) is 8.40. The first-order chi connectivity index (χ1) is 21.2. The van der Waals surface area contributed by atoms with Gasteiger partial charge in [0.15, 0.2) is 0 Å². The predicted octanol–water partition coefficient (Wildman–Crippen LogP) is 4.10. The summed E-state index contributed by atoms with van der Waals surface area (Å²) >= 11 is 6.15. The fourth-order valence-electron chi connectivity index (χ4n) is 7.06. The van der Waals surface area contributed by atoms with Crippen molar-refractivity contribution in [3.63, 3.8) is 0 Å². The fourth-order valence-corrected chi connectivity index (χ4v) is 7.18. The van der Waals surface area contributed by atoms with Crippen LogP contribution in [0.3, 0.4) is 0 Å². The summed E-state index contributed by atoms with van der Waals surface area (Å²) in [6.45, 7) is 12.2. The van der Waals surface area contributed by atoms with Crippen LogP contribution >= 0.6 is 11.6 Å². The molecular formula is C35H51ClN6O2. The SMILES string of the molecule is CC(C)CN(C1CCN(C(=O)[C@@H](Cc2ccc(Cl)cc2)NC(=O)C[C@@H]2c3ccccc3CCN2C)CC1)N1CCN(C)CC1. The van der Waals surface area contributed by atoms with E-state index >= 15 is 0 Å². The molecule has 0 unspecified atom stereocenters. The number of hydrogen-bond donors (Lipinski definition) is 1. The highest BCUT2D eigenvalue weighted by molar-refractivity contribution is 6.30. The Morgan fingerprint density at radius 1 is 0.932 bits per heavy atom. The minimum Gasteiger partial charge on any atom is -0.344 e. The van der Waals surface area contributed by atoms with E-state index in [1.165, 1.54) is 11.1 Å². The highest BCUT2D eigenvalue weighted by Gasteiger charge is 2.35. The molecule has 2 atom stereocenters. The van der Waals surface area contributed by atoms with E-state index < -0.39 is 6.04 Å². The van der Waals surface area contributed by atoms with Gasteiger partial charge in [0.25, 0.3) is 0 Å². The van der Waals surface area contributed by atoms with Crippen LogP contribution in [0.25, 0.3) is 0 Å². The number of halogens is 1. The van der Waals surface area contributed by atoms with Gasteiger partial charge in [-0.2, -0.15) is 0 Å². The van der Waals surface area contributed by atoms with Crippen molar-refractivity contribution in [2.24, 2.45) is 5.92 Å². The molecule has 0 aromatic heterocycles. The maximum Gasteiger partial charge on any atom is 0.245 e. The first-order valence-corrected chi connectivity index (χ1v) is 16.9. The Labute approximate surface area is 269 Å². The largest absolute Gasteiger partial charge is 0.344 e. The molecule has 2 aromatic rings. The lowest BCUT2D eigenvalue weighted by Crippen LogP contribution is -2.60. The van der Waals surface area contributed by atoms with Crippen molar-refractivity contribution in [1.29, 1.82) is 0 Å². The highest BCUT2D eigenvalue weighted by atomic mass is 35.5. The Morgan fingerprint density at radius 2 is 1.61 bits per heavy atom. The summed E-state index contributed by atoms with van der Waals surface area (Å²) in [6, 6.07) is 15.8. The van der Waals surface area contributed by atoms with Crippen LogP contribution in [0.5, 0.6) is 0 Å². The zero-order chi connectivity index (χ0) is 31.2. The van der Waals surface area contributed by atoms with Crippen molar-refractivity contribution >= 4 is 23.4 Å². The highest BCUT2D eigenvalue weighted by Crippen LogP contribution is 2.31. The third-order valence-electron chi connectivity index (χ3n) is 9.64. The molecule has 3 aliphatic rings. The molecule has 0 spiro atoms. The number of likely N-dealkylation sites (N-methyl/N-ethyl adjacent to an activating group) is 2. The summed E-state index contributed by atoms with van der Waals surface area (Å²) in [6.07, 6.45) is 3.64. The number of amides is 2. The lowest BCUT2D eigenvalue weighted by atomic mass is 9.91. The van der Waals surface area contributed by atoms with Crippen LogP contribution in [0, 0.1) is 5.92 Å². The number of piperazine rings is 1. The number of rotatable bonds is 10. The smallest absolute Gasteiger partial charge is 0.245 e. The van der Waals surface area contributed by atoms with Crippen molar-refractivity contribution in [3.8, 4) is 0 Å². The molecule has 2 saturated heterocycles. The average Bonchev–Trinajstić information content (AvgIpc) is 3.02. The number of hydrazine groups is 1. The molecule has 3 aliphatic heterocycles. The molecule has 0 bridgehead atoms.